The molecule has 1 fully saturated rings. The largest absolute Gasteiger partial charge is 0.304 e. The summed E-state index contributed by atoms with van der Waals surface area (Å²) in [5.74, 6) is -0.498. The molecule has 2 aromatic carbocycles. The number of nitrogens with zero attached hydrogens (tertiary/aromatic N) is 3. The van der Waals surface area contributed by atoms with E-state index in [2.05, 4.69) is 10.4 Å². The number of rotatable bonds is 6. The summed E-state index contributed by atoms with van der Waals surface area (Å²) in [5, 5.41) is 7.16. The van der Waals surface area contributed by atoms with Crippen molar-refractivity contribution < 1.29 is 13.2 Å². The van der Waals surface area contributed by atoms with Crippen molar-refractivity contribution in [2.75, 3.05) is 18.4 Å². The number of halogens is 3. The first-order valence-electron chi connectivity index (χ1n) is 10.3. The predicted molar refractivity (Wildman–Crippen MR) is 130 cm³/mol. The zero-order valence-electron chi connectivity index (χ0n) is 17.5. The zero-order chi connectivity index (χ0) is 23.6. The lowest BCUT2D eigenvalue weighted by atomic mass is 10.2. The molecule has 0 aliphatic carbocycles. The third-order valence-corrected chi connectivity index (χ3v) is 8.29. The van der Waals surface area contributed by atoms with Crippen LogP contribution in [-0.4, -0.2) is 41.5 Å². The molecule has 1 aliphatic rings. The van der Waals surface area contributed by atoms with Crippen LogP contribution in [0.15, 0.2) is 53.6 Å². The number of sulfonamides is 1. The minimum Gasteiger partial charge on any atom is -0.304 e. The Labute approximate surface area is 207 Å². The van der Waals surface area contributed by atoms with Crippen LogP contribution in [0.1, 0.15) is 35.2 Å². The van der Waals surface area contributed by atoms with Gasteiger partial charge < -0.3 is 5.32 Å². The topological polar surface area (TPSA) is 84.3 Å². The maximum Gasteiger partial charge on any atom is 0.258 e. The number of carbonyl (C=O) groups is 1. The van der Waals surface area contributed by atoms with Gasteiger partial charge in [0.05, 0.1) is 22.2 Å². The van der Waals surface area contributed by atoms with Gasteiger partial charge in [-0.3, -0.25) is 9.48 Å². The van der Waals surface area contributed by atoms with Crippen molar-refractivity contribution in [3.63, 3.8) is 0 Å². The average Bonchev–Trinajstić information content (AvgIpc) is 3.13. The molecule has 7 nitrogen and oxygen atoms in total. The summed E-state index contributed by atoms with van der Waals surface area (Å²) < 4.78 is 29.2. The molecule has 4 rings (SSSR count). The number of aromatic nitrogens is 2. The quantitative estimate of drug-likeness (QED) is 0.470. The Morgan fingerprint density at radius 1 is 0.970 bits per heavy atom. The van der Waals surface area contributed by atoms with Gasteiger partial charge in [0, 0.05) is 19.3 Å². The molecule has 1 amide bonds. The summed E-state index contributed by atoms with van der Waals surface area (Å²) in [6, 6.07) is 12.1. The molecule has 1 N–H and O–H groups in total. The highest BCUT2D eigenvalue weighted by Gasteiger charge is 2.30. The predicted octanol–water partition coefficient (Wildman–Crippen LogP) is 5.32. The fraction of sp³-hybridized carbons (Fsp3) is 0.273. The van der Waals surface area contributed by atoms with Crippen LogP contribution >= 0.6 is 34.8 Å². The molecular weight excluding hydrogens is 507 g/mol. The first-order valence-corrected chi connectivity index (χ1v) is 12.9. The molecular formula is C22H21Cl3N4O3S. The Kier molecular flexibility index (Phi) is 7.31. The summed E-state index contributed by atoms with van der Waals surface area (Å²) >= 11 is 18.7. The fourth-order valence-corrected chi connectivity index (χ4v) is 6.20. The number of hydrogen-bond acceptors (Lipinski definition) is 4. The van der Waals surface area contributed by atoms with Crippen LogP contribution in [0.2, 0.25) is 15.1 Å². The van der Waals surface area contributed by atoms with Crippen LogP contribution in [0.3, 0.4) is 0 Å². The van der Waals surface area contributed by atoms with Crippen LogP contribution in [0.5, 0.6) is 0 Å². The molecule has 1 aliphatic heterocycles. The second kappa shape index (κ2) is 10.0. The summed E-state index contributed by atoms with van der Waals surface area (Å²) in [5.41, 5.74) is 0.980. The first kappa shape index (κ1) is 24.0. The molecule has 174 valence electrons. The van der Waals surface area contributed by atoms with E-state index < -0.39 is 15.9 Å². The van der Waals surface area contributed by atoms with Crippen molar-refractivity contribution in [2.45, 2.75) is 30.7 Å². The maximum absolute atomic E-state index is 13.1. The summed E-state index contributed by atoms with van der Waals surface area (Å²) in [6.07, 6.45) is 4.13. The smallest absolute Gasteiger partial charge is 0.258 e. The number of piperidine rings is 1. The number of anilines is 1. The molecule has 1 saturated heterocycles. The first-order chi connectivity index (χ1) is 15.8. The third kappa shape index (κ3) is 5.36. The second-order valence-electron chi connectivity index (χ2n) is 7.69. The van der Waals surface area contributed by atoms with Crippen molar-refractivity contribution in [1.29, 1.82) is 0 Å². The van der Waals surface area contributed by atoms with Crippen LogP contribution in [0, 0.1) is 0 Å². The zero-order valence-corrected chi connectivity index (χ0v) is 20.6. The fourth-order valence-electron chi connectivity index (χ4n) is 3.65. The van der Waals surface area contributed by atoms with Gasteiger partial charge >= 0.3 is 0 Å². The van der Waals surface area contributed by atoms with Gasteiger partial charge in [-0.2, -0.15) is 9.40 Å². The Morgan fingerprint density at radius 2 is 1.67 bits per heavy atom. The van der Waals surface area contributed by atoms with Gasteiger partial charge in [-0.25, -0.2) is 8.42 Å². The van der Waals surface area contributed by atoms with Gasteiger partial charge in [0.1, 0.15) is 9.92 Å². The average molecular weight is 528 g/mol. The Bertz CT molecular complexity index is 1270. The van der Waals surface area contributed by atoms with E-state index in [1.165, 1.54) is 16.4 Å². The molecule has 0 atom stereocenters. The molecule has 0 unspecified atom stereocenters. The van der Waals surface area contributed by atoms with E-state index in [9.17, 15) is 13.2 Å². The van der Waals surface area contributed by atoms with Gasteiger partial charge in [0.15, 0.2) is 5.82 Å². The number of nitrogens with one attached hydrogen (secondary N) is 1. The van der Waals surface area contributed by atoms with Crippen molar-refractivity contribution in [3.8, 4) is 0 Å². The van der Waals surface area contributed by atoms with Crippen LogP contribution in [0.4, 0.5) is 5.82 Å². The molecule has 2 heterocycles. The van der Waals surface area contributed by atoms with Gasteiger partial charge in [0.2, 0.25) is 10.0 Å². The highest BCUT2D eigenvalue weighted by molar-refractivity contribution is 7.89. The normalized spacial score (nSPS) is 14.9. The van der Waals surface area contributed by atoms with Gasteiger partial charge in [-0.15, -0.1) is 0 Å². The SMILES string of the molecule is O=C(Nc1nn(Cc2ccccc2)cc1Cl)c1cc(S(=O)(=O)N2CCCCC2)c(Cl)cc1Cl. The lowest BCUT2D eigenvalue weighted by Crippen LogP contribution is -2.35. The third-order valence-electron chi connectivity index (χ3n) is 5.34. The molecule has 0 spiro atoms. The van der Waals surface area contributed by atoms with Gasteiger partial charge in [-0.05, 0) is 30.5 Å². The van der Waals surface area contributed by atoms with E-state index in [1.807, 2.05) is 30.3 Å². The van der Waals surface area contributed by atoms with Crippen LogP contribution in [0.25, 0.3) is 0 Å². The molecule has 11 heteroatoms. The highest BCUT2D eigenvalue weighted by atomic mass is 35.5. The number of carbonyl (C=O) groups excluding carboxylic acids is 1. The van der Waals surface area contributed by atoms with E-state index in [4.69, 9.17) is 34.8 Å². The van der Waals surface area contributed by atoms with Crippen molar-refractivity contribution in [3.05, 3.63) is 74.9 Å². The maximum atomic E-state index is 13.1. The minimum absolute atomic E-state index is 0.0231. The summed E-state index contributed by atoms with van der Waals surface area (Å²) in [7, 11) is -3.86. The standard InChI is InChI=1S/C22H21Cl3N4O3S/c23-17-12-18(24)20(33(31,32)29-9-5-2-6-10-29)11-16(17)22(30)26-21-19(25)14-28(27-21)13-15-7-3-1-4-8-15/h1,3-4,7-8,11-12,14H,2,5-6,9-10,13H2,(H,26,27,30). The van der Waals surface area contributed by atoms with Crippen LogP contribution < -0.4 is 5.32 Å². The van der Waals surface area contributed by atoms with Crippen molar-refractivity contribution in [2.24, 2.45) is 0 Å². The lowest BCUT2D eigenvalue weighted by molar-refractivity contribution is 0.102. The number of benzene rings is 2. The van der Waals surface area contributed by atoms with E-state index in [1.54, 1.807) is 10.9 Å². The monoisotopic (exact) mass is 526 g/mol. The van der Waals surface area contributed by atoms with E-state index >= 15 is 0 Å². The minimum atomic E-state index is -3.86. The Morgan fingerprint density at radius 3 is 2.36 bits per heavy atom. The van der Waals surface area contributed by atoms with E-state index in [0.29, 0.717) is 19.6 Å². The molecule has 1 aromatic heterocycles. The molecule has 0 radical (unpaired) electrons. The van der Waals surface area contributed by atoms with E-state index in [0.717, 1.165) is 24.8 Å². The number of amides is 1. The van der Waals surface area contributed by atoms with Crippen LogP contribution in [-0.2, 0) is 16.6 Å². The Hall–Kier alpha value is -2.10. The van der Waals surface area contributed by atoms with Crippen molar-refractivity contribution >= 4 is 56.6 Å². The van der Waals surface area contributed by atoms with E-state index in [-0.39, 0.29) is 31.3 Å². The number of hydrogen-bond donors (Lipinski definition) is 1. The molecule has 3 aromatic rings. The summed E-state index contributed by atoms with van der Waals surface area (Å²) in [6.45, 7) is 1.30. The second-order valence-corrected chi connectivity index (χ2v) is 10.8. The van der Waals surface area contributed by atoms with Gasteiger partial charge in [0.25, 0.3) is 5.91 Å². The highest BCUT2D eigenvalue weighted by Crippen LogP contribution is 2.32. The summed E-state index contributed by atoms with van der Waals surface area (Å²) in [4.78, 5) is 12.8. The molecule has 0 saturated carbocycles. The molecule has 0 bridgehead atoms. The van der Waals surface area contributed by atoms with Crippen molar-refractivity contribution in [1.82, 2.24) is 14.1 Å². The molecule has 33 heavy (non-hydrogen) atoms. The lowest BCUT2D eigenvalue weighted by Gasteiger charge is -2.26. The Balaban J connectivity index is 1.58. The van der Waals surface area contributed by atoms with Gasteiger partial charge in [-0.1, -0.05) is 71.6 Å².